The van der Waals surface area contributed by atoms with Crippen molar-refractivity contribution in [1.29, 1.82) is 0 Å². The van der Waals surface area contributed by atoms with E-state index in [-0.39, 0.29) is 12.0 Å². The van der Waals surface area contributed by atoms with Crippen LogP contribution >= 0.6 is 0 Å². The first-order valence-electron chi connectivity index (χ1n) is 7.25. The van der Waals surface area contributed by atoms with Crippen molar-refractivity contribution in [1.82, 2.24) is 18.7 Å². The van der Waals surface area contributed by atoms with E-state index in [1.165, 1.54) is 11.6 Å². The van der Waals surface area contributed by atoms with Gasteiger partial charge in [0.1, 0.15) is 5.82 Å². The Morgan fingerprint density at radius 3 is 2.50 bits per heavy atom. The van der Waals surface area contributed by atoms with Crippen LogP contribution in [0.3, 0.4) is 0 Å². The van der Waals surface area contributed by atoms with Gasteiger partial charge in [0.05, 0.1) is 0 Å². The lowest BCUT2D eigenvalue weighted by Crippen LogP contribution is -2.37. The van der Waals surface area contributed by atoms with Gasteiger partial charge in [-0.3, -0.25) is 18.7 Å². The van der Waals surface area contributed by atoms with Crippen molar-refractivity contribution in [2.45, 2.75) is 39.2 Å². The van der Waals surface area contributed by atoms with Crippen LogP contribution in [0.4, 0.5) is 0 Å². The number of hydrogen-bond donors (Lipinski definition) is 1. The molecule has 0 saturated heterocycles. The Labute approximate surface area is 126 Å². The maximum absolute atomic E-state index is 12.4. The number of carboxylic acid groups (broad SMARTS) is 1. The minimum absolute atomic E-state index is 0.0479. The van der Waals surface area contributed by atoms with Crippen molar-refractivity contribution in [3.05, 3.63) is 26.7 Å². The number of carbonyl (C=O) groups is 1. The molecule has 0 aromatic carbocycles. The molecule has 0 spiro atoms. The Balaban J connectivity index is 2.62. The Morgan fingerprint density at radius 1 is 1.23 bits per heavy atom. The number of aromatic nitrogens is 4. The monoisotopic (exact) mass is 308 g/mol. The number of hydrogen-bond acceptors (Lipinski definition) is 4. The SMILES string of the molecule is CCCn1c(CCCC(=O)O)nc2c1c(=O)n(C)c(=O)n2C. The molecule has 0 aliphatic carbocycles. The normalized spacial score (nSPS) is 11.2. The van der Waals surface area contributed by atoms with Crippen molar-refractivity contribution in [2.24, 2.45) is 14.1 Å². The number of nitrogens with zero attached hydrogens (tertiary/aromatic N) is 4. The molecule has 0 aliphatic heterocycles. The number of rotatable bonds is 6. The molecule has 0 saturated carbocycles. The molecule has 2 heterocycles. The van der Waals surface area contributed by atoms with E-state index >= 15 is 0 Å². The van der Waals surface area contributed by atoms with E-state index < -0.39 is 11.7 Å². The second-order valence-corrected chi connectivity index (χ2v) is 5.30. The van der Waals surface area contributed by atoms with Gasteiger partial charge >= 0.3 is 11.7 Å². The molecule has 0 amide bonds. The Hall–Kier alpha value is -2.38. The van der Waals surface area contributed by atoms with Crippen LogP contribution in [0.2, 0.25) is 0 Å². The summed E-state index contributed by atoms with van der Waals surface area (Å²) >= 11 is 0. The van der Waals surface area contributed by atoms with Crippen LogP contribution in [0.15, 0.2) is 9.59 Å². The fourth-order valence-corrected chi connectivity index (χ4v) is 2.54. The summed E-state index contributed by atoms with van der Waals surface area (Å²) in [5, 5.41) is 8.74. The molecular formula is C14H20N4O4. The molecule has 0 unspecified atom stereocenters. The van der Waals surface area contributed by atoms with Crippen LogP contribution < -0.4 is 11.2 Å². The summed E-state index contributed by atoms with van der Waals surface area (Å²) in [7, 11) is 3.02. The lowest BCUT2D eigenvalue weighted by Gasteiger charge is -2.07. The predicted octanol–water partition coefficient (Wildman–Crippen LogP) is 0.251. The van der Waals surface area contributed by atoms with Gasteiger partial charge in [0.15, 0.2) is 11.2 Å². The van der Waals surface area contributed by atoms with E-state index in [1.807, 2.05) is 6.92 Å². The molecule has 0 bridgehead atoms. The van der Waals surface area contributed by atoms with Crippen LogP contribution in [0.25, 0.3) is 11.2 Å². The molecule has 2 aromatic heterocycles. The third-order valence-electron chi connectivity index (χ3n) is 3.67. The van der Waals surface area contributed by atoms with Crippen LogP contribution in [-0.4, -0.2) is 29.8 Å². The summed E-state index contributed by atoms with van der Waals surface area (Å²) in [6.07, 6.45) is 1.75. The van der Waals surface area contributed by atoms with E-state index in [0.29, 0.717) is 36.4 Å². The zero-order valence-electron chi connectivity index (χ0n) is 13.0. The highest BCUT2D eigenvalue weighted by Gasteiger charge is 2.18. The maximum Gasteiger partial charge on any atom is 0.332 e. The van der Waals surface area contributed by atoms with Crippen molar-refractivity contribution in [3.63, 3.8) is 0 Å². The fraction of sp³-hybridized carbons (Fsp3) is 0.571. The number of carboxylic acids is 1. The summed E-state index contributed by atoms with van der Waals surface area (Å²) < 4.78 is 4.22. The van der Waals surface area contributed by atoms with E-state index in [2.05, 4.69) is 4.98 Å². The average Bonchev–Trinajstić information content (AvgIpc) is 2.82. The van der Waals surface area contributed by atoms with E-state index in [9.17, 15) is 14.4 Å². The summed E-state index contributed by atoms with van der Waals surface area (Å²) in [5.74, 6) is -0.210. The number of fused-ring (bicyclic) bond motifs is 1. The molecule has 0 radical (unpaired) electrons. The van der Waals surface area contributed by atoms with Gasteiger partial charge in [0, 0.05) is 33.5 Å². The van der Waals surface area contributed by atoms with Gasteiger partial charge in [-0.25, -0.2) is 9.78 Å². The highest BCUT2D eigenvalue weighted by Crippen LogP contribution is 2.14. The average molecular weight is 308 g/mol. The molecule has 0 fully saturated rings. The van der Waals surface area contributed by atoms with Gasteiger partial charge in [-0.15, -0.1) is 0 Å². The van der Waals surface area contributed by atoms with Crippen LogP contribution in [0.1, 0.15) is 32.0 Å². The summed E-state index contributed by atoms with van der Waals surface area (Å²) in [6, 6.07) is 0. The molecule has 8 heteroatoms. The minimum atomic E-state index is -0.860. The molecule has 0 atom stereocenters. The van der Waals surface area contributed by atoms with Gasteiger partial charge in [-0.1, -0.05) is 6.92 Å². The van der Waals surface area contributed by atoms with Crippen LogP contribution in [0.5, 0.6) is 0 Å². The maximum atomic E-state index is 12.4. The van der Waals surface area contributed by atoms with Gasteiger partial charge in [-0.05, 0) is 12.8 Å². The zero-order chi connectivity index (χ0) is 16.4. The molecule has 120 valence electrons. The molecule has 22 heavy (non-hydrogen) atoms. The Kier molecular flexibility index (Phi) is 4.48. The number of aliphatic carboxylic acids is 1. The second kappa shape index (κ2) is 6.17. The lowest BCUT2D eigenvalue weighted by molar-refractivity contribution is -0.137. The minimum Gasteiger partial charge on any atom is -0.481 e. The van der Waals surface area contributed by atoms with E-state index in [4.69, 9.17) is 5.11 Å². The molecule has 1 N–H and O–H groups in total. The zero-order valence-corrected chi connectivity index (χ0v) is 13.0. The van der Waals surface area contributed by atoms with Crippen molar-refractivity contribution < 1.29 is 9.90 Å². The van der Waals surface area contributed by atoms with Gasteiger partial charge in [-0.2, -0.15) is 0 Å². The molecule has 0 aliphatic rings. The first-order chi connectivity index (χ1) is 10.4. The lowest BCUT2D eigenvalue weighted by atomic mass is 10.2. The Bertz CT molecular complexity index is 828. The Morgan fingerprint density at radius 2 is 1.91 bits per heavy atom. The van der Waals surface area contributed by atoms with Crippen molar-refractivity contribution in [3.8, 4) is 0 Å². The summed E-state index contributed by atoms with van der Waals surface area (Å²) in [4.78, 5) is 39.4. The van der Waals surface area contributed by atoms with Gasteiger partial charge < -0.3 is 9.67 Å². The summed E-state index contributed by atoms with van der Waals surface area (Å²) in [5.41, 5.74) is -0.0390. The number of aryl methyl sites for hydroxylation is 3. The van der Waals surface area contributed by atoms with Gasteiger partial charge in [0.2, 0.25) is 0 Å². The molecular weight excluding hydrogens is 288 g/mol. The quantitative estimate of drug-likeness (QED) is 0.824. The smallest absolute Gasteiger partial charge is 0.332 e. The van der Waals surface area contributed by atoms with Crippen molar-refractivity contribution >= 4 is 17.1 Å². The largest absolute Gasteiger partial charge is 0.481 e. The molecule has 8 nitrogen and oxygen atoms in total. The topological polar surface area (TPSA) is 99.1 Å². The van der Waals surface area contributed by atoms with Gasteiger partial charge in [0.25, 0.3) is 5.56 Å². The second-order valence-electron chi connectivity index (χ2n) is 5.30. The predicted molar refractivity (Wildman–Crippen MR) is 81.1 cm³/mol. The third kappa shape index (κ3) is 2.68. The summed E-state index contributed by atoms with van der Waals surface area (Å²) in [6.45, 7) is 2.59. The third-order valence-corrected chi connectivity index (χ3v) is 3.67. The van der Waals surface area contributed by atoms with E-state index in [1.54, 1.807) is 11.6 Å². The van der Waals surface area contributed by atoms with Crippen LogP contribution in [0, 0.1) is 0 Å². The standard InChI is InChI=1S/C14H20N4O4/c1-4-8-18-9(6-5-7-10(19)20)15-12-11(18)13(21)17(3)14(22)16(12)2/h4-8H2,1-3H3,(H,19,20). The first-order valence-corrected chi connectivity index (χ1v) is 7.25. The number of imidazole rings is 1. The van der Waals surface area contributed by atoms with E-state index in [0.717, 1.165) is 11.0 Å². The highest BCUT2D eigenvalue weighted by molar-refractivity contribution is 5.71. The van der Waals surface area contributed by atoms with Crippen LogP contribution in [-0.2, 0) is 31.9 Å². The first kappa shape index (κ1) is 16.0. The fourth-order valence-electron chi connectivity index (χ4n) is 2.54. The highest BCUT2D eigenvalue weighted by atomic mass is 16.4. The van der Waals surface area contributed by atoms with Crippen molar-refractivity contribution in [2.75, 3.05) is 0 Å². The molecule has 2 rings (SSSR count). The molecule has 2 aromatic rings.